The zero-order chi connectivity index (χ0) is 22.3. The Bertz CT molecular complexity index is 1070. The molecule has 0 radical (unpaired) electrons. The molecule has 4 rings (SSSR count). The first-order chi connectivity index (χ1) is 15.7. The summed E-state index contributed by atoms with van der Waals surface area (Å²) >= 11 is 0. The fraction of sp³-hybridized carbons (Fsp3) is 0.440. The van der Waals surface area contributed by atoms with Crippen molar-refractivity contribution in [1.82, 2.24) is 14.9 Å². The SMILES string of the molecule is COc1ccc2nccc([C@H](O)CC[C@@H]3CCN(CC#Cc4cocn4)C[C@@H]3CO)c2c1. The summed E-state index contributed by atoms with van der Waals surface area (Å²) in [7, 11) is 1.63. The number of pyridine rings is 1. The highest BCUT2D eigenvalue weighted by Crippen LogP contribution is 2.33. The molecule has 1 aliphatic heterocycles. The summed E-state index contributed by atoms with van der Waals surface area (Å²) in [4.78, 5) is 10.7. The van der Waals surface area contributed by atoms with Crippen molar-refractivity contribution in [1.29, 1.82) is 0 Å². The van der Waals surface area contributed by atoms with Crippen LogP contribution < -0.4 is 4.74 Å². The van der Waals surface area contributed by atoms with Gasteiger partial charge in [-0.15, -0.1) is 0 Å². The van der Waals surface area contributed by atoms with Crippen LogP contribution in [0, 0.1) is 23.7 Å². The second-order valence-electron chi connectivity index (χ2n) is 8.28. The minimum Gasteiger partial charge on any atom is -0.497 e. The molecule has 0 unspecified atom stereocenters. The normalized spacial score (nSPS) is 20.0. The average Bonchev–Trinajstić information content (AvgIpc) is 3.35. The predicted octanol–water partition coefficient (Wildman–Crippen LogP) is 3.03. The highest BCUT2D eigenvalue weighted by Gasteiger charge is 2.29. The number of nitrogens with zero attached hydrogens (tertiary/aromatic N) is 3. The van der Waals surface area contributed by atoms with E-state index < -0.39 is 6.10 Å². The number of hydrogen-bond donors (Lipinski definition) is 2. The van der Waals surface area contributed by atoms with E-state index in [9.17, 15) is 10.2 Å². The lowest BCUT2D eigenvalue weighted by molar-refractivity contribution is 0.0640. The van der Waals surface area contributed by atoms with Crippen molar-refractivity contribution in [2.24, 2.45) is 11.8 Å². The van der Waals surface area contributed by atoms with Gasteiger partial charge >= 0.3 is 0 Å². The predicted molar refractivity (Wildman–Crippen MR) is 121 cm³/mol. The number of aromatic nitrogens is 2. The molecule has 0 spiro atoms. The lowest BCUT2D eigenvalue weighted by Gasteiger charge is -2.37. The molecule has 3 aromatic rings. The number of methoxy groups -OCH3 is 1. The van der Waals surface area contributed by atoms with Gasteiger partial charge in [0, 0.05) is 24.7 Å². The average molecular weight is 436 g/mol. The Morgan fingerprint density at radius 3 is 2.97 bits per heavy atom. The Labute approximate surface area is 188 Å². The van der Waals surface area contributed by atoms with E-state index in [1.54, 1.807) is 13.3 Å². The van der Waals surface area contributed by atoms with Gasteiger partial charge in [-0.3, -0.25) is 9.88 Å². The Morgan fingerprint density at radius 1 is 1.28 bits per heavy atom. The summed E-state index contributed by atoms with van der Waals surface area (Å²) in [5.41, 5.74) is 2.35. The highest BCUT2D eigenvalue weighted by molar-refractivity contribution is 5.83. The van der Waals surface area contributed by atoms with Crippen LogP contribution in [0.3, 0.4) is 0 Å². The van der Waals surface area contributed by atoms with Crippen LogP contribution >= 0.6 is 0 Å². The van der Waals surface area contributed by atoms with E-state index in [0.29, 0.717) is 24.6 Å². The summed E-state index contributed by atoms with van der Waals surface area (Å²) in [5.74, 6) is 7.42. The van der Waals surface area contributed by atoms with E-state index in [2.05, 4.69) is 26.7 Å². The number of aliphatic hydroxyl groups excluding tert-OH is 2. The fourth-order valence-electron chi connectivity index (χ4n) is 4.49. The van der Waals surface area contributed by atoms with E-state index in [-0.39, 0.29) is 12.5 Å². The quantitative estimate of drug-likeness (QED) is 0.551. The molecule has 0 saturated carbocycles. The van der Waals surface area contributed by atoms with Crippen molar-refractivity contribution in [3.05, 3.63) is 54.4 Å². The lowest BCUT2D eigenvalue weighted by atomic mass is 9.81. The molecule has 3 atom stereocenters. The Hall–Kier alpha value is -2.92. The van der Waals surface area contributed by atoms with Crippen molar-refractivity contribution in [3.8, 4) is 17.6 Å². The van der Waals surface area contributed by atoms with Crippen LogP contribution in [0.4, 0.5) is 0 Å². The monoisotopic (exact) mass is 435 g/mol. The summed E-state index contributed by atoms with van der Waals surface area (Å²) in [6.07, 6.45) is 6.54. The number of fused-ring (bicyclic) bond motifs is 1. The van der Waals surface area contributed by atoms with E-state index in [1.165, 1.54) is 12.7 Å². The number of benzene rings is 1. The zero-order valence-corrected chi connectivity index (χ0v) is 18.3. The lowest BCUT2D eigenvalue weighted by Crippen LogP contribution is -2.42. The maximum atomic E-state index is 11.0. The molecule has 1 fully saturated rings. The van der Waals surface area contributed by atoms with Crippen molar-refractivity contribution >= 4 is 10.9 Å². The first-order valence-electron chi connectivity index (χ1n) is 11.0. The molecule has 2 aromatic heterocycles. The van der Waals surface area contributed by atoms with Gasteiger partial charge in [0.05, 0.1) is 25.3 Å². The molecule has 0 aliphatic carbocycles. The van der Waals surface area contributed by atoms with Gasteiger partial charge in [0.15, 0.2) is 12.1 Å². The number of ether oxygens (including phenoxy) is 1. The molecule has 1 saturated heterocycles. The molecule has 7 heteroatoms. The number of oxazole rings is 1. The number of likely N-dealkylation sites (tertiary alicyclic amines) is 1. The summed E-state index contributed by atoms with van der Waals surface area (Å²) < 4.78 is 10.3. The molecule has 168 valence electrons. The smallest absolute Gasteiger partial charge is 0.181 e. The van der Waals surface area contributed by atoms with Crippen LogP contribution in [0.15, 0.2) is 47.5 Å². The van der Waals surface area contributed by atoms with Gasteiger partial charge in [0.1, 0.15) is 12.0 Å². The molecular formula is C25H29N3O4. The van der Waals surface area contributed by atoms with Crippen molar-refractivity contribution < 1.29 is 19.4 Å². The standard InChI is InChI=1S/C25H29N3O4/c1-31-21-5-6-24-23(13-21)22(8-10-26-24)25(30)7-4-18-9-12-28(14-19(18)15-29)11-2-3-20-16-32-17-27-20/h5-6,8,10,13,16-19,25,29-30H,4,7,9,11-12,14-15H2,1H3/t18-,19-,25-/m1/s1. The van der Waals surface area contributed by atoms with Crippen LogP contribution in [0.2, 0.25) is 0 Å². The number of aliphatic hydroxyl groups is 2. The van der Waals surface area contributed by atoms with E-state index in [4.69, 9.17) is 9.15 Å². The number of rotatable bonds is 7. The Balaban J connectivity index is 1.35. The largest absolute Gasteiger partial charge is 0.497 e. The molecule has 2 N–H and O–H groups in total. The maximum absolute atomic E-state index is 11.0. The zero-order valence-electron chi connectivity index (χ0n) is 18.3. The van der Waals surface area contributed by atoms with Gasteiger partial charge < -0.3 is 19.4 Å². The molecule has 0 bridgehead atoms. The van der Waals surface area contributed by atoms with Crippen molar-refractivity contribution in [3.63, 3.8) is 0 Å². The Kier molecular flexibility index (Phi) is 7.38. The molecule has 1 aromatic carbocycles. The van der Waals surface area contributed by atoms with Gasteiger partial charge in [-0.1, -0.05) is 5.92 Å². The van der Waals surface area contributed by atoms with Crippen molar-refractivity contribution in [2.75, 3.05) is 33.4 Å². The summed E-state index contributed by atoms with van der Waals surface area (Å²) in [5, 5.41) is 21.8. The molecular weight excluding hydrogens is 406 g/mol. The van der Waals surface area contributed by atoms with Gasteiger partial charge in [-0.05, 0) is 73.4 Å². The second-order valence-corrected chi connectivity index (χ2v) is 8.28. The van der Waals surface area contributed by atoms with Gasteiger partial charge in [-0.2, -0.15) is 0 Å². The first kappa shape index (κ1) is 22.3. The highest BCUT2D eigenvalue weighted by atomic mass is 16.5. The van der Waals surface area contributed by atoms with Crippen molar-refractivity contribution in [2.45, 2.75) is 25.4 Å². The fourth-order valence-corrected chi connectivity index (χ4v) is 4.49. The maximum Gasteiger partial charge on any atom is 0.181 e. The second kappa shape index (κ2) is 10.6. The molecule has 0 amide bonds. The minimum absolute atomic E-state index is 0.142. The topological polar surface area (TPSA) is 91.9 Å². The van der Waals surface area contributed by atoms with Gasteiger partial charge in [0.25, 0.3) is 0 Å². The molecule has 7 nitrogen and oxygen atoms in total. The van der Waals surface area contributed by atoms with E-state index in [0.717, 1.165) is 48.1 Å². The first-order valence-corrected chi connectivity index (χ1v) is 11.0. The third-order valence-corrected chi connectivity index (χ3v) is 6.31. The molecule has 32 heavy (non-hydrogen) atoms. The van der Waals surface area contributed by atoms with Crippen LogP contribution in [0.25, 0.3) is 10.9 Å². The third-order valence-electron chi connectivity index (χ3n) is 6.31. The summed E-state index contributed by atoms with van der Waals surface area (Å²) in [6.45, 7) is 2.52. The molecule has 3 heterocycles. The van der Waals surface area contributed by atoms with Gasteiger partial charge in [-0.25, -0.2) is 4.98 Å². The van der Waals surface area contributed by atoms with E-state index >= 15 is 0 Å². The minimum atomic E-state index is -0.585. The van der Waals surface area contributed by atoms with E-state index in [1.807, 2.05) is 24.3 Å². The number of hydrogen-bond acceptors (Lipinski definition) is 7. The van der Waals surface area contributed by atoms with Crippen LogP contribution in [-0.4, -0.2) is 58.4 Å². The van der Waals surface area contributed by atoms with Gasteiger partial charge in [0.2, 0.25) is 0 Å². The molecule has 1 aliphatic rings. The van der Waals surface area contributed by atoms with Crippen LogP contribution in [-0.2, 0) is 0 Å². The summed E-state index contributed by atoms with van der Waals surface area (Å²) in [6, 6.07) is 7.59. The Morgan fingerprint density at radius 2 is 2.19 bits per heavy atom. The number of piperidine rings is 1. The van der Waals surface area contributed by atoms with Crippen LogP contribution in [0.5, 0.6) is 5.75 Å². The third kappa shape index (κ3) is 5.28. The van der Waals surface area contributed by atoms with Crippen LogP contribution in [0.1, 0.15) is 36.6 Å².